The molecule has 0 aromatic rings. The number of carbonyl (C=O) groups excluding carboxylic acids is 1. The summed E-state index contributed by atoms with van der Waals surface area (Å²) in [7, 11) is 0. The van der Waals surface area contributed by atoms with Gasteiger partial charge in [0.15, 0.2) is 0 Å². The van der Waals surface area contributed by atoms with Crippen molar-refractivity contribution in [2.24, 2.45) is 0 Å². The van der Waals surface area contributed by atoms with Crippen molar-refractivity contribution in [1.82, 2.24) is 5.32 Å². The van der Waals surface area contributed by atoms with Crippen LogP contribution in [0.3, 0.4) is 0 Å². The topological polar surface area (TPSA) is 38.3 Å². The van der Waals surface area contributed by atoms with Crippen molar-refractivity contribution >= 4 is 5.97 Å². The molecule has 0 aliphatic rings. The van der Waals surface area contributed by atoms with E-state index in [0.29, 0.717) is 13.0 Å². The van der Waals surface area contributed by atoms with Gasteiger partial charge in [0.05, 0.1) is 0 Å². The van der Waals surface area contributed by atoms with Crippen LogP contribution in [-0.4, -0.2) is 25.7 Å². The fourth-order valence-electron chi connectivity index (χ4n) is 2.77. The van der Waals surface area contributed by atoms with Crippen LogP contribution in [0.25, 0.3) is 0 Å². The average Bonchev–Trinajstić information content (AvgIpc) is 2.56. The Morgan fingerprint density at radius 1 is 0.739 bits per heavy atom. The Kier molecular flexibility index (Phi) is 19.0. The monoisotopic (exact) mass is 327 g/mol. The Morgan fingerprint density at radius 3 is 1.70 bits per heavy atom. The molecule has 3 nitrogen and oxygen atoms in total. The molecule has 23 heavy (non-hydrogen) atoms. The summed E-state index contributed by atoms with van der Waals surface area (Å²) in [5.74, 6) is -0.0361. The summed E-state index contributed by atoms with van der Waals surface area (Å²) in [5.41, 5.74) is 0. The van der Waals surface area contributed by atoms with E-state index in [2.05, 4.69) is 19.2 Å². The van der Waals surface area contributed by atoms with Crippen LogP contribution in [0.1, 0.15) is 104 Å². The zero-order valence-electron chi connectivity index (χ0n) is 15.8. The van der Waals surface area contributed by atoms with E-state index >= 15 is 0 Å². The molecule has 1 N–H and O–H groups in total. The second-order valence-corrected chi connectivity index (χ2v) is 6.57. The molecule has 138 valence electrons. The highest BCUT2D eigenvalue weighted by Crippen LogP contribution is 2.13. The maximum absolute atomic E-state index is 11.5. The molecule has 0 amide bonds. The molecule has 0 aliphatic heterocycles. The summed E-state index contributed by atoms with van der Waals surface area (Å²) in [4.78, 5) is 11.5. The van der Waals surface area contributed by atoms with Gasteiger partial charge in [-0.2, -0.15) is 0 Å². The second kappa shape index (κ2) is 19.5. The van der Waals surface area contributed by atoms with Crippen molar-refractivity contribution in [2.75, 3.05) is 19.7 Å². The summed E-state index contributed by atoms with van der Waals surface area (Å²) in [6.07, 6.45) is 17.9. The molecule has 0 rings (SSSR count). The van der Waals surface area contributed by atoms with Crippen LogP contribution in [0.5, 0.6) is 0 Å². The molecule has 0 aliphatic carbocycles. The standard InChI is InChI=1S/C20H41NO2/c1-3-5-6-7-8-9-10-11-12-13-14-15-16-17-20(22)23-19-18-21-4-2/h21H,3-19H2,1-2H3. The summed E-state index contributed by atoms with van der Waals surface area (Å²) in [6.45, 7) is 6.52. The fourth-order valence-corrected chi connectivity index (χ4v) is 2.77. The zero-order valence-corrected chi connectivity index (χ0v) is 15.8. The molecule has 0 heterocycles. The Labute approximate surface area is 144 Å². The molecule has 0 aromatic heterocycles. The number of hydrogen-bond acceptors (Lipinski definition) is 3. The summed E-state index contributed by atoms with van der Waals surface area (Å²) >= 11 is 0. The van der Waals surface area contributed by atoms with Gasteiger partial charge in [0.1, 0.15) is 6.61 Å². The van der Waals surface area contributed by atoms with Gasteiger partial charge in [-0.25, -0.2) is 0 Å². The quantitative estimate of drug-likeness (QED) is 0.262. The summed E-state index contributed by atoms with van der Waals surface area (Å²) in [5, 5.41) is 3.14. The zero-order chi connectivity index (χ0) is 17.0. The molecule has 0 atom stereocenters. The van der Waals surface area contributed by atoms with Crippen molar-refractivity contribution in [3.05, 3.63) is 0 Å². The van der Waals surface area contributed by atoms with Crippen LogP contribution in [-0.2, 0) is 9.53 Å². The maximum Gasteiger partial charge on any atom is 0.305 e. The minimum Gasteiger partial charge on any atom is -0.464 e. The van der Waals surface area contributed by atoms with Crippen molar-refractivity contribution in [1.29, 1.82) is 0 Å². The first-order valence-electron chi connectivity index (χ1n) is 10.2. The van der Waals surface area contributed by atoms with E-state index < -0.39 is 0 Å². The Balaban J connectivity index is 3.08. The highest BCUT2D eigenvalue weighted by Gasteiger charge is 2.02. The molecule has 3 heteroatoms. The second-order valence-electron chi connectivity index (χ2n) is 6.57. The summed E-state index contributed by atoms with van der Waals surface area (Å²) in [6, 6.07) is 0. The lowest BCUT2D eigenvalue weighted by Crippen LogP contribution is -2.20. The molecule has 0 fully saturated rings. The molecule has 0 unspecified atom stereocenters. The number of likely N-dealkylation sites (N-methyl/N-ethyl adjacent to an activating group) is 1. The number of nitrogens with one attached hydrogen (secondary N) is 1. The fraction of sp³-hybridized carbons (Fsp3) is 0.950. The van der Waals surface area contributed by atoms with Gasteiger partial charge >= 0.3 is 5.97 Å². The highest BCUT2D eigenvalue weighted by molar-refractivity contribution is 5.69. The van der Waals surface area contributed by atoms with Crippen LogP contribution >= 0.6 is 0 Å². The third-order valence-electron chi connectivity index (χ3n) is 4.28. The minimum atomic E-state index is -0.0361. The summed E-state index contributed by atoms with van der Waals surface area (Å²) < 4.78 is 5.15. The van der Waals surface area contributed by atoms with Gasteiger partial charge in [0.25, 0.3) is 0 Å². The predicted molar refractivity (Wildman–Crippen MR) is 99.8 cm³/mol. The molecule has 0 bridgehead atoms. The third-order valence-corrected chi connectivity index (χ3v) is 4.28. The van der Waals surface area contributed by atoms with Gasteiger partial charge in [-0.3, -0.25) is 4.79 Å². The highest BCUT2D eigenvalue weighted by atomic mass is 16.5. The van der Waals surface area contributed by atoms with Crippen molar-refractivity contribution in [3.8, 4) is 0 Å². The van der Waals surface area contributed by atoms with E-state index in [1.54, 1.807) is 0 Å². The first-order valence-corrected chi connectivity index (χ1v) is 10.2. The van der Waals surface area contributed by atoms with E-state index in [1.165, 1.54) is 77.0 Å². The van der Waals surface area contributed by atoms with Gasteiger partial charge in [-0.1, -0.05) is 90.9 Å². The van der Waals surface area contributed by atoms with Crippen LogP contribution in [0.2, 0.25) is 0 Å². The largest absolute Gasteiger partial charge is 0.464 e. The van der Waals surface area contributed by atoms with E-state index in [4.69, 9.17) is 4.74 Å². The van der Waals surface area contributed by atoms with Gasteiger partial charge in [-0.05, 0) is 13.0 Å². The number of ether oxygens (including phenoxy) is 1. The van der Waals surface area contributed by atoms with Crippen molar-refractivity contribution in [3.63, 3.8) is 0 Å². The number of esters is 1. The van der Waals surface area contributed by atoms with Crippen molar-refractivity contribution < 1.29 is 9.53 Å². The van der Waals surface area contributed by atoms with E-state index in [1.807, 2.05) is 0 Å². The molecule has 0 saturated heterocycles. The van der Waals surface area contributed by atoms with E-state index in [9.17, 15) is 4.79 Å². The molecule has 0 aromatic carbocycles. The average molecular weight is 328 g/mol. The number of rotatable bonds is 18. The lowest BCUT2D eigenvalue weighted by atomic mass is 10.0. The Hall–Kier alpha value is -0.570. The molecular formula is C20H41NO2. The molecule has 0 spiro atoms. The van der Waals surface area contributed by atoms with E-state index in [-0.39, 0.29) is 5.97 Å². The first-order chi connectivity index (χ1) is 11.3. The molecular weight excluding hydrogens is 286 g/mol. The minimum absolute atomic E-state index is 0.0361. The predicted octanol–water partition coefficient (Wildman–Crippen LogP) is 5.62. The van der Waals surface area contributed by atoms with Crippen molar-refractivity contribution in [2.45, 2.75) is 104 Å². The maximum atomic E-state index is 11.5. The lowest BCUT2D eigenvalue weighted by Gasteiger charge is -2.05. The van der Waals surface area contributed by atoms with Crippen LogP contribution in [0.15, 0.2) is 0 Å². The number of carbonyl (C=O) groups is 1. The van der Waals surface area contributed by atoms with Gasteiger partial charge in [-0.15, -0.1) is 0 Å². The first kappa shape index (κ1) is 22.4. The smallest absolute Gasteiger partial charge is 0.305 e. The van der Waals surface area contributed by atoms with Gasteiger partial charge in [0.2, 0.25) is 0 Å². The lowest BCUT2D eigenvalue weighted by molar-refractivity contribution is -0.143. The van der Waals surface area contributed by atoms with Gasteiger partial charge in [0, 0.05) is 13.0 Å². The van der Waals surface area contributed by atoms with Crippen LogP contribution in [0, 0.1) is 0 Å². The Morgan fingerprint density at radius 2 is 1.22 bits per heavy atom. The van der Waals surface area contributed by atoms with E-state index in [0.717, 1.165) is 19.5 Å². The third kappa shape index (κ3) is 19.4. The van der Waals surface area contributed by atoms with Crippen LogP contribution < -0.4 is 5.32 Å². The Bertz CT molecular complexity index is 244. The molecule has 0 saturated carbocycles. The number of unbranched alkanes of at least 4 members (excludes halogenated alkanes) is 12. The van der Waals surface area contributed by atoms with Crippen LogP contribution in [0.4, 0.5) is 0 Å². The van der Waals surface area contributed by atoms with Gasteiger partial charge < -0.3 is 10.1 Å². The molecule has 0 radical (unpaired) electrons. The SMILES string of the molecule is CCCCCCCCCCCCCCCC(=O)OCCNCC. The number of hydrogen-bond donors (Lipinski definition) is 1. The normalized spacial score (nSPS) is 10.9.